The van der Waals surface area contributed by atoms with E-state index in [0.717, 1.165) is 55.2 Å². The Labute approximate surface area is 150 Å². The monoisotopic (exact) mass is 358 g/mol. The fourth-order valence-corrected chi connectivity index (χ4v) is 3.33. The van der Waals surface area contributed by atoms with Gasteiger partial charge in [0.1, 0.15) is 11.8 Å². The number of nitrogens with zero attached hydrogens (tertiary/aromatic N) is 4. The van der Waals surface area contributed by atoms with Gasteiger partial charge in [-0.25, -0.2) is 9.50 Å². The van der Waals surface area contributed by atoms with Crippen molar-refractivity contribution in [2.75, 3.05) is 37.8 Å². The van der Waals surface area contributed by atoms with E-state index in [2.05, 4.69) is 21.0 Å². The van der Waals surface area contributed by atoms with E-state index in [1.807, 2.05) is 16.6 Å². The maximum Gasteiger partial charge on any atom is 0.151 e. The number of benzene rings is 1. The van der Waals surface area contributed by atoms with Crippen molar-refractivity contribution in [2.45, 2.75) is 6.54 Å². The highest BCUT2D eigenvalue weighted by molar-refractivity contribution is 6.33. The standard InChI is InChI=1S/C17H19ClN6O/c18-14-7-11(1-2-15(14)19)13-8-12(9-23-3-5-25-6-4-23)24-16(13)17(20)21-10-22-24/h1-2,7-8,10H,3-6,9,19H2,(H2,20,21,22). The number of nitrogen functional groups attached to an aromatic ring is 2. The molecule has 1 aromatic carbocycles. The van der Waals surface area contributed by atoms with Crippen LogP contribution in [0, 0.1) is 0 Å². The SMILES string of the molecule is Nc1ccc(-c2cc(CN3CCOCC3)n3ncnc(N)c23)cc1Cl. The topological polar surface area (TPSA) is 94.7 Å². The van der Waals surface area contributed by atoms with Crippen molar-refractivity contribution in [3.8, 4) is 11.1 Å². The van der Waals surface area contributed by atoms with Crippen molar-refractivity contribution < 1.29 is 4.74 Å². The molecule has 8 heteroatoms. The van der Waals surface area contributed by atoms with Gasteiger partial charge in [0.25, 0.3) is 0 Å². The molecule has 0 saturated carbocycles. The van der Waals surface area contributed by atoms with Crippen molar-refractivity contribution in [1.29, 1.82) is 0 Å². The molecule has 0 atom stereocenters. The third-order valence-corrected chi connectivity index (χ3v) is 4.78. The van der Waals surface area contributed by atoms with Gasteiger partial charge in [-0.15, -0.1) is 0 Å². The van der Waals surface area contributed by atoms with Gasteiger partial charge in [-0.2, -0.15) is 5.10 Å². The van der Waals surface area contributed by atoms with Crippen molar-refractivity contribution in [1.82, 2.24) is 19.5 Å². The number of nitrogens with two attached hydrogens (primary N) is 2. The Balaban J connectivity index is 1.82. The number of hydrogen-bond donors (Lipinski definition) is 2. The second kappa shape index (κ2) is 6.51. The summed E-state index contributed by atoms with van der Waals surface area (Å²) in [5, 5.41) is 4.92. The van der Waals surface area contributed by atoms with E-state index in [0.29, 0.717) is 16.5 Å². The summed E-state index contributed by atoms with van der Waals surface area (Å²) in [5.74, 6) is 0.436. The fraction of sp³-hybridized carbons (Fsp3) is 0.294. The Kier molecular flexibility index (Phi) is 4.20. The van der Waals surface area contributed by atoms with E-state index in [1.165, 1.54) is 6.33 Å². The van der Waals surface area contributed by atoms with Crippen LogP contribution in [0.25, 0.3) is 16.6 Å². The largest absolute Gasteiger partial charge is 0.398 e. The van der Waals surface area contributed by atoms with Gasteiger partial charge in [0.05, 0.1) is 29.6 Å². The molecule has 0 unspecified atom stereocenters. The van der Waals surface area contributed by atoms with Gasteiger partial charge in [0.2, 0.25) is 0 Å². The number of hydrogen-bond acceptors (Lipinski definition) is 6. The first-order valence-electron chi connectivity index (χ1n) is 8.10. The molecule has 0 aliphatic carbocycles. The zero-order chi connectivity index (χ0) is 17.4. The molecule has 0 bridgehead atoms. The average Bonchev–Trinajstić information content (AvgIpc) is 2.98. The predicted octanol–water partition coefficient (Wildman–Crippen LogP) is 2.05. The van der Waals surface area contributed by atoms with Gasteiger partial charge < -0.3 is 16.2 Å². The third-order valence-electron chi connectivity index (χ3n) is 4.46. The van der Waals surface area contributed by atoms with Crippen LogP contribution in [0.3, 0.4) is 0 Å². The van der Waals surface area contributed by atoms with Crippen LogP contribution < -0.4 is 11.5 Å². The minimum absolute atomic E-state index is 0.436. The van der Waals surface area contributed by atoms with Crippen LogP contribution in [0.2, 0.25) is 5.02 Å². The van der Waals surface area contributed by atoms with E-state index < -0.39 is 0 Å². The van der Waals surface area contributed by atoms with Crippen LogP contribution >= 0.6 is 11.6 Å². The first kappa shape index (κ1) is 16.1. The molecule has 4 rings (SSSR count). The molecule has 130 valence electrons. The lowest BCUT2D eigenvalue weighted by atomic mass is 10.1. The normalized spacial score (nSPS) is 15.7. The predicted molar refractivity (Wildman–Crippen MR) is 98.4 cm³/mol. The second-order valence-electron chi connectivity index (χ2n) is 6.08. The Morgan fingerprint density at radius 1 is 1.16 bits per heavy atom. The summed E-state index contributed by atoms with van der Waals surface area (Å²) >= 11 is 6.20. The number of fused-ring (bicyclic) bond motifs is 1. The first-order chi connectivity index (χ1) is 12.1. The molecule has 3 heterocycles. The maximum absolute atomic E-state index is 6.20. The van der Waals surface area contributed by atoms with Crippen LogP contribution in [0.15, 0.2) is 30.6 Å². The quantitative estimate of drug-likeness (QED) is 0.696. The summed E-state index contributed by atoms with van der Waals surface area (Å²) in [6, 6.07) is 7.67. The summed E-state index contributed by atoms with van der Waals surface area (Å²) in [6.07, 6.45) is 1.48. The smallest absolute Gasteiger partial charge is 0.151 e. The van der Waals surface area contributed by atoms with Crippen molar-refractivity contribution >= 4 is 28.6 Å². The van der Waals surface area contributed by atoms with Gasteiger partial charge in [-0.05, 0) is 23.8 Å². The van der Waals surface area contributed by atoms with E-state index in [1.54, 1.807) is 6.07 Å². The van der Waals surface area contributed by atoms with E-state index in [4.69, 9.17) is 27.8 Å². The lowest BCUT2D eigenvalue weighted by molar-refractivity contribution is 0.0334. The van der Waals surface area contributed by atoms with Gasteiger partial charge in [-0.1, -0.05) is 17.7 Å². The molecule has 1 aliphatic heterocycles. The molecule has 1 fully saturated rings. The van der Waals surface area contributed by atoms with Crippen LogP contribution in [-0.2, 0) is 11.3 Å². The molecule has 4 N–H and O–H groups in total. The summed E-state index contributed by atoms with van der Waals surface area (Å²) in [6.45, 7) is 4.07. The Bertz CT molecular complexity index is 919. The zero-order valence-electron chi connectivity index (χ0n) is 13.7. The molecule has 3 aromatic rings. The number of ether oxygens (including phenoxy) is 1. The molecule has 2 aromatic heterocycles. The number of morpholine rings is 1. The maximum atomic E-state index is 6.20. The Morgan fingerprint density at radius 2 is 1.96 bits per heavy atom. The Hall–Kier alpha value is -2.35. The molecule has 25 heavy (non-hydrogen) atoms. The third kappa shape index (κ3) is 3.02. The van der Waals surface area contributed by atoms with Gasteiger partial charge in [0, 0.05) is 25.2 Å². The zero-order valence-corrected chi connectivity index (χ0v) is 14.4. The van der Waals surface area contributed by atoms with E-state index >= 15 is 0 Å². The molecule has 7 nitrogen and oxygen atoms in total. The lowest BCUT2D eigenvalue weighted by Crippen LogP contribution is -2.36. The van der Waals surface area contributed by atoms with E-state index in [9.17, 15) is 0 Å². The summed E-state index contributed by atoms with van der Waals surface area (Å²) < 4.78 is 7.28. The molecular weight excluding hydrogens is 340 g/mol. The minimum Gasteiger partial charge on any atom is -0.398 e. The lowest BCUT2D eigenvalue weighted by Gasteiger charge is -2.26. The average molecular weight is 359 g/mol. The van der Waals surface area contributed by atoms with Gasteiger partial charge >= 0.3 is 0 Å². The minimum atomic E-state index is 0.436. The van der Waals surface area contributed by atoms with E-state index in [-0.39, 0.29) is 0 Å². The molecule has 0 amide bonds. The van der Waals surface area contributed by atoms with Crippen molar-refractivity contribution in [3.63, 3.8) is 0 Å². The first-order valence-corrected chi connectivity index (χ1v) is 8.48. The van der Waals surface area contributed by atoms with Gasteiger partial charge in [0.15, 0.2) is 5.82 Å². The van der Waals surface area contributed by atoms with Crippen molar-refractivity contribution in [3.05, 3.63) is 41.3 Å². The number of halogens is 1. The molecule has 1 aliphatic rings. The summed E-state index contributed by atoms with van der Waals surface area (Å²) in [4.78, 5) is 6.48. The highest BCUT2D eigenvalue weighted by Crippen LogP contribution is 2.33. The second-order valence-corrected chi connectivity index (χ2v) is 6.49. The molecule has 0 radical (unpaired) electrons. The van der Waals surface area contributed by atoms with Crippen LogP contribution in [0.5, 0.6) is 0 Å². The molecule has 1 saturated heterocycles. The summed E-state index contributed by atoms with van der Waals surface area (Å²) in [5.41, 5.74) is 16.2. The molecule has 0 spiro atoms. The number of aromatic nitrogens is 3. The fourth-order valence-electron chi connectivity index (χ4n) is 3.15. The summed E-state index contributed by atoms with van der Waals surface area (Å²) in [7, 11) is 0. The molecular formula is C17H19ClN6O. The van der Waals surface area contributed by atoms with Crippen LogP contribution in [0.4, 0.5) is 11.5 Å². The number of anilines is 2. The highest BCUT2D eigenvalue weighted by Gasteiger charge is 2.19. The van der Waals surface area contributed by atoms with Crippen molar-refractivity contribution in [2.24, 2.45) is 0 Å². The van der Waals surface area contributed by atoms with Crippen LogP contribution in [0.1, 0.15) is 5.69 Å². The number of rotatable bonds is 3. The Morgan fingerprint density at radius 3 is 2.72 bits per heavy atom. The highest BCUT2D eigenvalue weighted by atomic mass is 35.5. The van der Waals surface area contributed by atoms with Crippen LogP contribution in [-0.4, -0.2) is 45.8 Å². The van der Waals surface area contributed by atoms with Gasteiger partial charge in [-0.3, -0.25) is 4.90 Å².